The zero-order chi connectivity index (χ0) is 10.6. The maximum absolute atomic E-state index is 13.2. The maximum Gasteiger partial charge on any atom is 0.215 e. The average molecular weight is 217 g/mol. The van der Waals surface area contributed by atoms with Gasteiger partial charge in [0, 0.05) is 7.05 Å². The molecule has 0 aliphatic carbocycles. The molecule has 0 aliphatic heterocycles. The van der Waals surface area contributed by atoms with Crippen molar-refractivity contribution in [2.24, 2.45) is 10.8 Å². The van der Waals surface area contributed by atoms with E-state index in [9.17, 15) is 4.39 Å². The molecule has 0 amide bonds. The summed E-state index contributed by atoms with van der Waals surface area (Å²) < 4.78 is 13.2. The van der Waals surface area contributed by atoms with Gasteiger partial charge >= 0.3 is 0 Å². The number of nitrogens with one attached hydrogen (secondary N) is 2. The SMILES string of the molecule is CNN=C(N)Nc1c(F)cccc1Cl. The van der Waals surface area contributed by atoms with E-state index in [0.717, 1.165) is 0 Å². The molecule has 76 valence electrons. The number of guanidine groups is 1. The molecule has 4 N–H and O–H groups in total. The first-order valence-electron chi connectivity index (χ1n) is 3.86. The second-order valence-corrected chi connectivity index (χ2v) is 2.85. The van der Waals surface area contributed by atoms with Crippen molar-refractivity contribution in [3.63, 3.8) is 0 Å². The molecule has 0 spiro atoms. The summed E-state index contributed by atoms with van der Waals surface area (Å²) in [6.45, 7) is 0. The summed E-state index contributed by atoms with van der Waals surface area (Å²) >= 11 is 5.74. The van der Waals surface area contributed by atoms with Gasteiger partial charge in [0.05, 0.1) is 10.7 Å². The normalized spacial score (nSPS) is 11.2. The lowest BCUT2D eigenvalue weighted by Crippen LogP contribution is -2.25. The Morgan fingerprint density at radius 1 is 1.57 bits per heavy atom. The summed E-state index contributed by atoms with van der Waals surface area (Å²) in [5.74, 6) is -0.439. The smallest absolute Gasteiger partial charge is 0.215 e. The van der Waals surface area contributed by atoms with E-state index in [2.05, 4.69) is 15.8 Å². The van der Waals surface area contributed by atoms with Gasteiger partial charge in [0.15, 0.2) is 0 Å². The Morgan fingerprint density at radius 3 is 2.86 bits per heavy atom. The zero-order valence-corrected chi connectivity index (χ0v) is 8.27. The molecule has 0 heterocycles. The molecule has 1 aromatic carbocycles. The minimum absolute atomic E-state index is 0.0412. The van der Waals surface area contributed by atoms with E-state index < -0.39 is 5.82 Å². The first kappa shape index (κ1) is 10.6. The summed E-state index contributed by atoms with van der Waals surface area (Å²) in [5, 5.41) is 6.40. The van der Waals surface area contributed by atoms with E-state index in [0.29, 0.717) is 0 Å². The Bertz CT molecular complexity index is 333. The molecule has 0 fully saturated rings. The molecular formula is C8H10ClFN4. The number of nitrogens with two attached hydrogens (primary N) is 1. The Kier molecular flexibility index (Phi) is 3.53. The lowest BCUT2D eigenvalue weighted by Gasteiger charge is -2.07. The van der Waals surface area contributed by atoms with Gasteiger partial charge < -0.3 is 16.5 Å². The summed E-state index contributed by atoms with van der Waals surface area (Å²) in [4.78, 5) is 0. The van der Waals surface area contributed by atoms with Crippen molar-refractivity contribution in [2.75, 3.05) is 12.4 Å². The van der Waals surface area contributed by atoms with Crippen molar-refractivity contribution >= 4 is 23.2 Å². The van der Waals surface area contributed by atoms with Crippen molar-refractivity contribution < 1.29 is 4.39 Å². The van der Waals surface area contributed by atoms with Crippen molar-refractivity contribution in [1.82, 2.24) is 5.43 Å². The number of halogens is 2. The van der Waals surface area contributed by atoms with Crippen LogP contribution in [0.25, 0.3) is 0 Å². The van der Waals surface area contributed by atoms with Crippen LogP contribution in [0, 0.1) is 5.82 Å². The van der Waals surface area contributed by atoms with Crippen LogP contribution in [-0.2, 0) is 0 Å². The van der Waals surface area contributed by atoms with Crippen LogP contribution in [0.5, 0.6) is 0 Å². The highest BCUT2D eigenvalue weighted by molar-refractivity contribution is 6.33. The molecule has 0 aliphatic rings. The monoisotopic (exact) mass is 216 g/mol. The van der Waals surface area contributed by atoms with E-state index >= 15 is 0 Å². The number of hydrogen-bond acceptors (Lipinski definition) is 2. The van der Waals surface area contributed by atoms with Gasteiger partial charge in [-0.1, -0.05) is 17.7 Å². The number of benzene rings is 1. The van der Waals surface area contributed by atoms with E-state index in [1.807, 2.05) is 0 Å². The maximum atomic E-state index is 13.2. The van der Waals surface area contributed by atoms with Gasteiger partial charge in [-0.05, 0) is 12.1 Å². The number of anilines is 1. The molecule has 0 atom stereocenters. The number of hydrogen-bond donors (Lipinski definition) is 3. The van der Waals surface area contributed by atoms with Gasteiger partial charge in [-0.25, -0.2) is 4.39 Å². The van der Waals surface area contributed by atoms with Crippen LogP contribution in [0.15, 0.2) is 23.3 Å². The summed E-state index contributed by atoms with van der Waals surface area (Å²) in [7, 11) is 1.58. The molecular weight excluding hydrogens is 207 g/mol. The Hall–Kier alpha value is -1.49. The van der Waals surface area contributed by atoms with Gasteiger partial charge in [0.2, 0.25) is 5.96 Å². The molecule has 0 saturated heterocycles. The summed E-state index contributed by atoms with van der Waals surface area (Å²) in [6.07, 6.45) is 0. The van der Waals surface area contributed by atoms with Crippen LogP contribution in [0.4, 0.5) is 10.1 Å². The largest absolute Gasteiger partial charge is 0.368 e. The third kappa shape index (κ3) is 2.50. The number of nitrogens with zero attached hydrogens (tertiary/aromatic N) is 1. The van der Waals surface area contributed by atoms with Gasteiger partial charge in [0.1, 0.15) is 5.82 Å². The molecule has 0 unspecified atom stereocenters. The zero-order valence-electron chi connectivity index (χ0n) is 7.51. The molecule has 0 aromatic heterocycles. The fourth-order valence-electron chi connectivity index (χ4n) is 0.894. The molecule has 0 saturated carbocycles. The van der Waals surface area contributed by atoms with Crippen molar-refractivity contribution in [3.8, 4) is 0 Å². The average Bonchev–Trinajstić information content (AvgIpc) is 2.12. The topological polar surface area (TPSA) is 62.4 Å². The van der Waals surface area contributed by atoms with Crippen molar-refractivity contribution in [3.05, 3.63) is 29.0 Å². The van der Waals surface area contributed by atoms with Crippen LogP contribution < -0.4 is 16.5 Å². The Labute approximate surface area is 85.9 Å². The van der Waals surface area contributed by atoms with Gasteiger partial charge in [-0.2, -0.15) is 0 Å². The molecule has 0 radical (unpaired) electrons. The van der Waals surface area contributed by atoms with Crippen LogP contribution in [0.2, 0.25) is 5.02 Å². The second kappa shape index (κ2) is 4.66. The number of rotatable bonds is 2. The molecule has 1 rings (SSSR count). The van der Waals surface area contributed by atoms with Crippen LogP contribution in [0.3, 0.4) is 0 Å². The highest BCUT2D eigenvalue weighted by Crippen LogP contribution is 2.23. The standard InChI is InChI=1S/C8H10ClFN4/c1-12-14-8(11)13-7-5(9)3-2-4-6(7)10/h2-4,12H,1H3,(H3,11,13,14). The van der Waals surface area contributed by atoms with Crippen LogP contribution in [0.1, 0.15) is 0 Å². The van der Waals surface area contributed by atoms with Crippen molar-refractivity contribution in [1.29, 1.82) is 0 Å². The summed E-state index contributed by atoms with van der Waals surface area (Å²) in [5.41, 5.74) is 7.98. The van der Waals surface area contributed by atoms with E-state index in [-0.39, 0.29) is 16.7 Å². The van der Waals surface area contributed by atoms with Crippen LogP contribution >= 0.6 is 11.6 Å². The quantitative estimate of drug-likeness (QED) is 0.397. The Balaban J connectivity index is 2.91. The molecule has 4 nitrogen and oxygen atoms in total. The van der Waals surface area contributed by atoms with Crippen molar-refractivity contribution in [2.45, 2.75) is 0 Å². The third-order valence-electron chi connectivity index (χ3n) is 1.45. The molecule has 6 heteroatoms. The highest BCUT2D eigenvalue weighted by Gasteiger charge is 2.06. The first-order chi connectivity index (χ1) is 6.65. The predicted octanol–water partition coefficient (Wildman–Crippen LogP) is 1.34. The van der Waals surface area contributed by atoms with E-state index in [4.69, 9.17) is 17.3 Å². The Morgan fingerprint density at radius 2 is 2.29 bits per heavy atom. The molecule has 14 heavy (non-hydrogen) atoms. The molecule has 1 aromatic rings. The molecule has 0 bridgehead atoms. The summed E-state index contributed by atoms with van der Waals surface area (Å²) in [6, 6.07) is 4.34. The fourth-order valence-corrected chi connectivity index (χ4v) is 1.10. The van der Waals surface area contributed by atoms with Gasteiger partial charge in [0.25, 0.3) is 0 Å². The van der Waals surface area contributed by atoms with E-state index in [1.165, 1.54) is 12.1 Å². The lowest BCUT2D eigenvalue weighted by atomic mass is 10.3. The fraction of sp³-hybridized carbons (Fsp3) is 0.125. The van der Waals surface area contributed by atoms with Gasteiger partial charge in [-0.3, -0.25) is 0 Å². The lowest BCUT2D eigenvalue weighted by molar-refractivity contribution is 0.632. The number of para-hydroxylation sites is 1. The second-order valence-electron chi connectivity index (χ2n) is 2.44. The predicted molar refractivity (Wildman–Crippen MR) is 55.7 cm³/mol. The number of hydrazone groups is 1. The highest BCUT2D eigenvalue weighted by atomic mass is 35.5. The van der Waals surface area contributed by atoms with E-state index in [1.54, 1.807) is 13.1 Å². The first-order valence-corrected chi connectivity index (χ1v) is 4.24. The van der Waals surface area contributed by atoms with Gasteiger partial charge in [-0.15, -0.1) is 5.10 Å². The van der Waals surface area contributed by atoms with Crippen LogP contribution in [-0.4, -0.2) is 13.0 Å². The minimum Gasteiger partial charge on any atom is -0.368 e. The third-order valence-corrected chi connectivity index (χ3v) is 1.76. The minimum atomic E-state index is -0.480.